The molecule has 4 amide bonds. The van der Waals surface area contributed by atoms with Crippen LogP contribution in [0.2, 0.25) is 0 Å². The summed E-state index contributed by atoms with van der Waals surface area (Å²) in [6, 6.07) is 7.37. The molecule has 2 heterocycles. The zero-order valence-corrected chi connectivity index (χ0v) is 28.3. The lowest BCUT2D eigenvalue weighted by molar-refractivity contribution is -0.471. The Morgan fingerprint density at radius 3 is 2.41 bits per heavy atom. The van der Waals surface area contributed by atoms with E-state index in [0.29, 0.717) is 10.1 Å². The lowest BCUT2D eigenvalue weighted by Crippen LogP contribution is -2.54. The maximum atomic E-state index is 14.8. The van der Waals surface area contributed by atoms with Crippen molar-refractivity contribution in [1.82, 2.24) is 25.5 Å². The summed E-state index contributed by atoms with van der Waals surface area (Å²) in [6.07, 6.45) is -5.45. The number of hydrogen-bond acceptors (Lipinski definition) is 11. The summed E-state index contributed by atoms with van der Waals surface area (Å²) in [4.78, 5) is 79.6. The first-order valence-corrected chi connectivity index (χ1v) is 15.8. The molecule has 276 valence electrons. The molecule has 0 bridgehead atoms. The molecule has 2 aromatic rings. The average Bonchev–Trinajstić information content (AvgIpc) is 3.30. The van der Waals surface area contributed by atoms with Gasteiger partial charge in [0.1, 0.15) is 31.8 Å². The molecule has 1 aliphatic heterocycles. The lowest BCUT2D eigenvalue weighted by atomic mass is 10.0. The smallest absolute Gasteiger partial charge is 0.409 e. The van der Waals surface area contributed by atoms with Gasteiger partial charge in [0, 0.05) is 24.6 Å². The van der Waals surface area contributed by atoms with E-state index in [9.17, 15) is 42.7 Å². The normalized spacial score (nSPS) is 19.0. The van der Waals surface area contributed by atoms with Gasteiger partial charge < -0.3 is 36.3 Å². The fourth-order valence-electron chi connectivity index (χ4n) is 5.00. The van der Waals surface area contributed by atoms with Gasteiger partial charge in [-0.05, 0) is 24.5 Å². The summed E-state index contributed by atoms with van der Waals surface area (Å²) in [7, 11) is 0. The Hall–Kier alpha value is -5.36. The summed E-state index contributed by atoms with van der Waals surface area (Å²) < 4.78 is 41.1. The second-order valence-electron chi connectivity index (χ2n) is 12.3. The van der Waals surface area contributed by atoms with E-state index >= 15 is 0 Å². The summed E-state index contributed by atoms with van der Waals surface area (Å²) in [5.74, 6) is -8.20. The number of halogens is 2. The van der Waals surface area contributed by atoms with Crippen molar-refractivity contribution in [3.05, 3.63) is 70.8 Å². The predicted molar refractivity (Wildman–Crippen MR) is 177 cm³/mol. The Balaban J connectivity index is 1.65. The number of esters is 1. The summed E-state index contributed by atoms with van der Waals surface area (Å²) in [5.41, 5.74) is 5.11. The van der Waals surface area contributed by atoms with E-state index in [1.165, 1.54) is 6.92 Å². The molecule has 3 rings (SSSR count). The largest absolute Gasteiger partial charge is 0.461 e. The number of aliphatic hydroxyl groups excluding tert-OH is 1. The number of hydrogen-bond donors (Lipinski definition) is 5. The zero-order chi connectivity index (χ0) is 38.0. The highest BCUT2D eigenvalue weighted by Crippen LogP contribution is 2.42. The van der Waals surface area contributed by atoms with Crippen LogP contribution in [0.3, 0.4) is 0 Å². The Labute approximate surface area is 291 Å². The van der Waals surface area contributed by atoms with Crippen molar-refractivity contribution in [1.29, 1.82) is 0 Å². The van der Waals surface area contributed by atoms with Gasteiger partial charge in [-0.25, -0.2) is 9.59 Å². The van der Waals surface area contributed by atoms with Crippen LogP contribution in [-0.4, -0.2) is 105 Å². The number of alkyl halides is 2. The highest BCUT2D eigenvalue weighted by Gasteiger charge is 2.60. The first kappa shape index (κ1) is 40.1. The van der Waals surface area contributed by atoms with E-state index < -0.39 is 91.4 Å². The minimum absolute atomic E-state index is 0.0205. The number of nitrogens with two attached hydrogens (primary N) is 1. The Morgan fingerprint density at radius 2 is 1.80 bits per heavy atom. The van der Waals surface area contributed by atoms with E-state index in [2.05, 4.69) is 34.2 Å². The summed E-state index contributed by atoms with van der Waals surface area (Å²) >= 11 is 0. The fourth-order valence-corrected chi connectivity index (χ4v) is 5.00. The molecule has 0 spiro atoms. The van der Waals surface area contributed by atoms with Gasteiger partial charge in [-0.3, -0.25) is 23.7 Å². The fraction of sp³-hybridized carbons (Fsp3) is 0.455. The van der Waals surface area contributed by atoms with Gasteiger partial charge in [0.15, 0.2) is 12.1 Å². The first-order chi connectivity index (χ1) is 23.9. The maximum Gasteiger partial charge on any atom is 0.409 e. The number of aromatic nitrogens is 2. The molecule has 0 saturated carbocycles. The third-order valence-corrected chi connectivity index (χ3v) is 7.67. The van der Waals surface area contributed by atoms with E-state index in [0.717, 1.165) is 16.8 Å². The average molecular weight is 719 g/mol. The van der Waals surface area contributed by atoms with Gasteiger partial charge in [0.2, 0.25) is 24.1 Å². The van der Waals surface area contributed by atoms with E-state index in [-0.39, 0.29) is 30.2 Å². The van der Waals surface area contributed by atoms with Crippen molar-refractivity contribution in [2.75, 3.05) is 25.4 Å². The SMILES string of the molecule is C=C(C)C(=O)NCC(=O)NC(Cc1ccccc1)C(=O)[N+](=C)C(CC(C)C)C(=O)NCC(=O)OCC1OC(n2ccc(N)nc2=O)C(F)(F)C1O. The molecule has 16 nitrogen and oxygen atoms in total. The second-order valence-corrected chi connectivity index (χ2v) is 12.3. The van der Waals surface area contributed by atoms with Gasteiger partial charge >= 0.3 is 23.5 Å². The van der Waals surface area contributed by atoms with Crippen molar-refractivity contribution in [3.8, 4) is 0 Å². The van der Waals surface area contributed by atoms with Crippen molar-refractivity contribution in [3.63, 3.8) is 0 Å². The molecule has 1 aliphatic rings. The predicted octanol–water partition coefficient (Wildman–Crippen LogP) is -0.547. The number of anilines is 1. The Morgan fingerprint density at radius 1 is 1.14 bits per heavy atom. The summed E-state index contributed by atoms with van der Waals surface area (Å²) in [6.45, 7) is 10.3. The zero-order valence-electron chi connectivity index (χ0n) is 28.3. The van der Waals surface area contributed by atoms with Crippen LogP contribution in [0.25, 0.3) is 0 Å². The topological polar surface area (TPSA) is 224 Å². The minimum Gasteiger partial charge on any atom is -0.461 e. The van der Waals surface area contributed by atoms with E-state index in [4.69, 9.17) is 15.2 Å². The van der Waals surface area contributed by atoms with Crippen molar-refractivity contribution < 1.29 is 51.9 Å². The standard InChI is InChI=1S/C33H41F2N7O9/c1-18(2)13-22(41(5)30(48)21(14-20-9-7-6-8-10-20)39-25(43)15-37-28(46)19(3)4)29(47)38-16-26(44)50-17-23-27(45)33(34,35)31(51-23)42-12-11-24(36)40-32(42)49/h6-12,18,21-23,27,31,45H,3,5,13-17H2,1-2,4H3,(H4-,36,37,38,39,40,43,46,47,49)/p+1. The molecule has 5 unspecified atom stereocenters. The molecule has 0 aliphatic carbocycles. The van der Waals surface area contributed by atoms with Crippen LogP contribution in [0.4, 0.5) is 14.6 Å². The highest BCUT2D eigenvalue weighted by atomic mass is 19.3. The van der Waals surface area contributed by atoms with Gasteiger partial charge in [-0.2, -0.15) is 18.3 Å². The third kappa shape index (κ3) is 10.8. The number of aliphatic hydroxyl groups is 1. The van der Waals surface area contributed by atoms with Crippen molar-refractivity contribution in [2.45, 2.75) is 70.1 Å². The van der Waals surface area contributed by atoms with Crippen LogP contribution in [0.1, 0.15) is 39.0 Å². The molecule has 6 N–H and O–H groups in total. The number of carbonyl (C=O) groups excluding carboxylic acids is 5. The molecular formula is C33H42F2N7O9+. The van der Waals surface area contributed by atoms with Crippen LogP contribution in [-0.2, 0) is 39.9 Å². The highest BCUT2D eigenvalue weighted by molar-refractivity contribution is 5.95. The molecule has 0 radical (unpaired) electrons. The van der Waals surface area contributed by atoms with E-state index in [1.807, 2.05) is 0 Å². The quantitative estimate of drug-likeness (QED) is 0.0641. The Bertz CT molecular complexity index is 1700. The molecule has 51 heavy (non-hydrogen) atoms. The molecular weight excluding hydrogens is 676 g/mol. The van der Waals surface area contributed by atoms with Crippen LogP contribution in [0, 0.1) is 5.92 Å². The lowest BCUT2D eigenvalue weighted by Gasteiger charge is -2.20. The monoisotopic (exact) mass is 718 g/mol. The molecule has 1 fully saturated rings. The van der Waals surface area contributed by atoms with Gasteiger partial charge in [-0.1, -0.05) is 50.8 Å². The number of amides is 4. The van der Waals surface area contributed by atoms with Gasteiger partial charge in [0.25, 0.3) is 5.91 Å². The van der Waals surface area contributed by atoms with Gasteiger partial charge in [-0.15, -0.1) is 0 Å². The number of rotatable bonds is 16. The van der Waals surface area contributed by atoms with Crippen molar-refractivity contribution >= 4 is 42.1 Å². The molecule has 5 atom stereocenters. The van der Waals surface area contributed by atoms with Crippen LogP contribution >= 0.6 is 0 Å². The first-order valence-electron chi connectivity index (χ1n) is 15.8. The maximum absolute atomic E-state index is 14.8. The number of carbonyl (C=O) groups is 5. The number of ether oxygens (including phenoxy) is 2. The molecule has 1 aromatic heterocycles. The number of nitrogens with zero attached hydrogens (tertiary/aromatic N) is 3. The number of nitrogen functional groups attached to an aromatic ring is 1. The molecule has 1 aromatic carbocycles. The Kier molecular flexibility index (Phi) is 13.8. The van der Waals surface area contributed by atoms with Gasteiger partial charge in [0.05, 0.1) is 6.54 Å². The third-order valence-electron chi connectivity index (χ3n) is 7.67. The summed E-state index contributed by atoms with van der Waals surface area (Å²) in [5, 5.41) is 17.5. The van der Waals surface area contributed by atoms with Crippen LogP contribution < -0.4 is 27.4 Å². The van der Waals surface area contributed by atoms with E-state index in [1.54, 1.807) is 44.2 Å². The minimum atomic E-state index is -3.97. The van der Waals surface area contributed by atoms with Crippen LogP contribution in [0.15, 0.2) is 59.5 Å². The molecule has 1 saturated heterocycles. The second kappa shape index (κ2) is 17.5. The number of benzene rings is 1. The molecule has 18 heteroatoms. The number of nitrogens with one attached hydrogen (secondary N) is 3. The van der Waals surface area contributed by atoms with Crippen LogP contribution in [0.5, 0.6) is 0 Å². The van der Waals surface area contributed by atoms with Crippen molar-refractivity contribution in [2.24, 2.45) is 5.92 Å².